The molecule has 2 aromatic rings. The summed E-state index contributed by atoms with van der Waals surface area (Å²) >= 11 is 6.28. The fraction of sp³-hybridized carbons (Fsp3) is 0.364. The lowest BCUT2D eigenvalue weighted by molar-refractivity contribution is -0.140. The van der Waals surface area contributed by atoms with Gasteiger partial charge < -0.3 is 23.9 Å². The van der Waals surface area contributed by atoms with Gasteiger partial charge in [0.25, 0.3) is 11.7 Å². The SMILES string of the molecule is CCOc1ccc(Cl)c(/C(O)=C2/C(=O)C(=O)N(CCOC(C)C)C2c2ccco2)c1. The van der Waals surface area contributed by atoms with Crippen LogP contribution in [0.15, 0.2) is 46.6 Å². The predicted molar refractivity (Wildman–Crippen MR) is 111 cm³/mol. The van der Waals surface area contributed by atoms with E-state index in [1.54, 1.807) is 24.3 Å². The van der Waals surface area contributed by atoms with Crippen LogP contribution in [0.5, 0.6) is 5.75 Å². The maximum Gasteiger partial charge on any atom is 0.295 e. The Kier molecular flexibility index (Phi) is 6.84. The van der Waals surface area contributed by atoms with Crippen LogP contribution in [0.25, 0.3) is 5.76 Å². The van der Waals surface area contributed by atoms with Crippen molar-refractivity contribution in [1.82, 2.24) is 4.90 Å². The molecule has 1 atom stereocenters. The Balaban J connectivity index is 2.08. The summed E-state index contributed by atoms with van der Waals surface area (Å²) in [6.45, 7) is 6.42. The second-order valence-electron chi connectivity index (χ2n) is 7.00. The van der Waals surface area contributed by atoms with Gasteiger partial charge in [0.05, 0.1) is 36.2 Å². The Morgan fingerprint density at radius 2 is 2.07 bits per heavy atom. The predicted octanol–water partition coefficient (Wildman–Crippen LogP) is 4.18. The molecule has 2 heterocycles. The summed E-state index contributed by atoms with van der Waals surface area (Å²) in [5, 5.41) is 11.3. The third-order valence-corrected chi connectivity index (χ3v) is 4.97. The van der Waals surface area contributed by atoms with Gasteiger partial charge in [0.1, 0.15) is 23.3 Å². The van der Waals surface area contributed by atoms with Crippen LogP contribution in [0.4, 0.5) is 0 Å². The molecule has 1 fully saturated rings. The topological polar surface area (TPSA) is 89.2 Å². The molecule has 1 saturated heterocycles. The minimum atomic E-state index is -0.887. The van der Waals surface area contributed by atoms with E-state index in [-0.39, 0.29) is 41.2 Å². The summed E-state index contributed by atoms with van der Waals surface area (Å²) < 4.78 is 16.5. The number of hydrogen-bond donors (Lipinski definition) is 1. The number of carbonyl (C=O) groups excluding carboxylic acids is 2. The molecule has 0 bridgehead atoms. The molecule has 0 aliphatic carbocycles. The van der Waals surface area contributed by atoms with Crippen LogP contribution in [0.1, 0.15) is 38.1 Å². The van der Waals surface area contributed by atoms with Crippen LogP contribution in [0, 0.1) is 0 Å². The van der Waals surface area contributed by atoms with Crippen LogP contribution >= 0.6 is 11.6 Å². The molecule has 0 saturated carbocycles. The molecule has 1 aliphatic heterocycles. The second kappa shape index (κ2) is 9.36. The van der Waals surface area contributed by atoms with Crippen molar-refractivity contribution < 1.29 is 28.6 Å². The zero-order chi connectivity index (χ0) is 21.8. The van der Waals surface area contributed by atoms with Crippen molar-refractivity contribution in [2.75, 3.05) is 19.8 Å². The Hall–Kier alpha value is -2.77. The average molecular weight is 434 g/mol. The molecule has 1 N–H and O–H groups in total. The van der Waals surface area contributed by atoms with Crippen LogP contribution in [0.2, 0.25) is 5.02 Å². The van der Waals surface area contributed by atoms with Gasteiger partial charge in [0.2, 0.25) is 0 Å². The van der Waals surface area contributed by atoms with Crippen molar-refractivity contribution in [3.63, 3.8) is 0 Å². The lowest BCUT2D eigenvalue weighted by atomic mass is 9.99. The first-order chi connectivity index (χ1) is 14.3. The van der Waals surface area contributed by atoms with E-state index in [0.29, 0.717) is 18.1 Å². The molecule has 3 rings (SSSR count). The minimum Gasteiger partial charge on any atom is -0.507 e. The standard InChI is InChI=1S/C22H24ClNO6/c1-4-28-14-7-8-16(23)15(12-14)20(25)18-19(17-6-5-10-30-17)24(22(27)21(18)26)9-11-29-13(2)3/h5-8,10,12-13,19,25H,4,9,11H2,1-3H3/b20-18-. The van der Waals surface area contributed by atoms with Crippen molar-refractivity contribution in [3.8, 4) is 5.75 Å². The van der Waals surface area contributed by atoms with Gasteiger partial charge in [-0.3, -0.25) is 9.59 Å². The number of aliphatic hydroxyl groups excluding tert-OH is 1. The van der Waals surface area contributed by atoms with E-state index in [1.165, 1.54) is 17.2 Å². The van der Waals surface area contributed by atoms with Gasteiger partial charge in [-0.15, -0.1) is 0 Å². The molecule has 1 unspecified atom stereocenters. The van der Waals surface area contributed by atoms with E-state index in [1.807, 2.05) is 20.8 Å². The zero-order valence-electron chi connectivity index (χ0n) is 17.1. The highest BCUT2D eigenvalue weighted by molar-refractivity contribution is 6.46. The lowest BCUT2D eigenvalue weighted by Crippen LogP contribution is -2.33. The van der Waals surface area contributed by atoms with E-state index in [9.17, 15) is 14.7 Å². The van der Waals surface area contributed by atoms with E-state index in [2.05, 4.69) is 0 Å². The summed E-state index contributed by atoms with van der Waals surface area (Å²) in [7, 11) is 0. The number of ether oxygens (including phenoxy) is 2. The zero-order valence-corrected chi connectivity index (χ0v) is 17.8. The minimum absolute atomic E-state index is 0.0241. The van der Waals surface area contributed by atoms with Crippen molar-refractivity contribution in [1.29, 1.82) is 0 Å². The number of rotatable bonds is 8. The largest absolute Gasteiger partial charge is 0.507 e. The fourth-order valence-electron chi connectivity index (χ4n) is 3.33. The van der Waals surface area contributed by atoms with Gasteiger partial charge >= 0.3 is 0 Å². The van der Waals surface area contributed by atoms with Crippen molar-refractivity contribution in [3.05, 3.63) is 58.5 Å². The highest BCUT2D eigenvalue weighted by Gasteiger charge is 2.47. The lowest BCUT2D eigenvalue weighted by Gasteiger charge is -2.23. The number of aliphatic hydroxyl groups is 1. The van der Waals surface area contributed by atoms with Crippen LogP contribution in [-0.4, -0.2) is 47.6 Å². The number of furan rings is 1. The van der Waals surface area contributed by atoms with Crippen LogP contribution in [0.3, 0.4) is 0 Å². The molecular weight excluding hydrogens is 410 g/mol. The van der Waals surface area contributed by atoms with Crippen molar-refractivity contribution in [2.45, 2.75) is 32.9 Å². The number of ketones is 1. The molecule has 160 valence electrons. The van der Waals surface area contributed by atoms with Crippen LogP contribution in [-0.2, 0) is 14.3 Å². The molecular formula is C22H24ClNO6. The number of benzene rings is 1. The molecule has 1 aliphatic rings. The number of Topliss-reactive ketones (excluding diaryl/α,β-unsaturated/α-hetero) is 1. The van der Waals surface area contributed by atoms with Crippen molar-refractivity contribution >= 4 is 29.1 Å². The van der Waals surface area contributed by atoms with Gasteiger partial charge in [-0.05, 0) is 51.1 Å². The maximum absolute atomic E-state index is 12.9. The Bertz CT molecular complexity index is 951. The molecule has 1 aromatic heterocycles. The molecule has 7 nitrogen and oxygen atoms in total. The third kappa shape index (κ3) is 4.37. The monoisotopic (exact) mass is 433 g/mol. The van der Waals surface area contributed by atoms with Gasteiger partial charge in [0.15, 0.2) is 0 Å². The smallest absolute Gasteiger partial charge is 0.295 e. The van der Waals surface area contributed by atoms with E-state index >= 15 is 0 Å². The summed E-state index contributed by atoms with van der Waals surface area (Å²) in [4.78, 5) is 27.0. The molecule has 1 aromatic carbocycles. The van der Waals surface area contributed by atoms with Gasteiger partial charge in [-0.2, -0.15) is 0 Å². The highest BCUT2D eigenvalue weighted by Crippen LogP contribution is 2.41. The Labute approximate surface area is 179 Å². The quantitative estimate of drug-likeness (QED) is 0.381. The average Bonchev–Trinajstić information content (AvgIpc) is 3.31. The number of nitrogens with zero attached hydrogens (tertiary/aromatic N) is 1. The third-order valence-electron chi connectivity index (χ3n) is 4.64. The normalized spacial score (nSPS) is 18.4. The Morgan fingerprint density at radius 1 is 1.30 bits per heavy atom. The Morgan fingerprint density at radius 3 is 2.70 bits per heavy atom. The summed E-state index contributed by atoms with van der Waals surface area (Å²) in [5.41, 5.74) is 0.116. The molecule has 1 amide bonds. The fourth-order valence-corrected chi connectivity index (χ4v) is 3.53. The van der Waals surface area contributed by atoms with Gasteiger partial charge in [0, 0.05) is 12.1 Å². The van der Waals surface area contributed by atoms with E-state index in [4.69, 9.17) is 25.5 Å². The molecule has 0 spiro atoms. The first-order valence-corrected chi connectivity index (χ1v) is 10.1. The molecule has 0 radical (unpaired) electrons. The van der Waals surface area contributed by atoms with Crippen LogP contribution < -0.4 is 4.74 Å². The van der Waals surface area contributed by atoms with Gasteiger partial charge in [-0.25, -0.2) is 0 Å². The number of carbonyl (C=O) groups is 2. The maximum atomic E-state index is 12.9. The first kappa shape index (κ1) is 21.9. The second-order valence-corrected chi connectivity index (χ2v) is 7.41. The summed E-state index contributed by atoms with van der Waals surface area (Å²) in [6, 6.07) is 7.18. The van der Waals surface area contributed by atoms with E-state index < -0.39 is 17.7 Å². The number of likely N-dealkylation sites (tertiary alicyclic amines) is 1. The summed E-state index contributed by atoms with van der Waals surface area (Å²) in [6.07, 6.45) is 1.42. The first-order valence-electron chi connectivity index (χ1n) is 9.71. The van der Waals surface area contributed by atoms with Gasteiger partial charge in [-0.1, -0.05) is 11.6 Å². The highest BCUT2D eigenvalue weighted by atomic mass is 35.5. The number of halogens is 1. The molecule has 30 heavy (non-hydrogen) atoms. The number of amides is 1. The van der Waals surface area contributed by atoms with E-state index in [0.717, 1.165) is 0 Å². The number of hydrogen-bond acceptors (Lipinski definition) is 6. The molecule has 8 heteroatoms. The summed E-state index contributed by atoms with van der Waals surface area (Å²) in [5.74, 6) is -1.08. The van der Waals surface area contributed by atoms with Crippen molar-refractivity contribution in [2.24, 2.45) is 0 Å².